The van der Waals surface area contributed by atoms with Crippen molar-refractivity contribution < 1.29 is 4.74 Å². The van der Waals surface area contributed by atoms with Gasteiger partial charge in [0.15, 0.2) is 5.13 Å². The van der Waals surface area contributed by atoms with Gasteiger partial charge in [0.1, 0.15) is 0 Å². The number of morpholine rings is 1. The van der Waals surface area contributed by atoms with Gasteiger partial charge in [0.25, 0.3) is 0 Å². The first kappa shape index (κ1) is 11.8. The summed E-state index contributed by atoms with van der Waals surface area (Å²) in [6.45, 7) is 5.72. The van der Waals surface area contributed by atoms with Crippen molar-refractivity contribution in [2.75, 3.05) is 31.7 Å². The Balaban J connectivity index is 2.08. The molecule has 0 bridgehead atoms. The van der Waals surface area contributed by atoms with E-state index in [2.05, 4.69) is 22.1 Å². The van der Waals surface area contributed by atoms with Crippen LogP contribution in [0.1, 0.15) is 18.2 Å². The molecule has 0 spiro atoms. The van der Waals surface area contributed by atoms with Crippen LogP contribution in [-0.2, 0) is 11.3 Å². The maximum absolute atomic E-state index is 5.50. The van der Waals surface area contributed by atoms with Crippen LogP contribution >= 0.6 is 11.3 Å². The smallest absolute Gasteiger partial charge is 0.185 e. The van der Waals surface area contributed by atoms with Crippen molar-refractivity contribution in [2.45, 2.75) is 25.9 Å². The van der Waals surface area contributed by atoms with Gasteiger partial charge in [0.05, 0.1) is 19.3 Å². The van der Waals surface area contributed by atoms with Gasteiger partial charge in [-0.3, -0.25) is 0 Å². The lowest BCUT2D eigenvalue weighted by Crippen LogP contribution is -2.45. The summed E-state index contributed by atoms with van der Waals surface area (Å²) >= 11 is 1.78. The van der Waals surface area contributed by atoms with Crippen molar-refractivity contribution in [3.8, 4) is 0 Å². The fraction of sp³-hybridized carbons (Fsp3) is 0.727. The molecule has 2 rings (SSSR count). The van der Waals surface area contributed by atoms with Crippen LogP contribution in [0.4, 0.5) is 5.13 Å². The SMILES string of the molecule is CCC1COCCN1c1ncc(CNC)s1. The number of aromatic nitrogens is 1. The molecule has 1 aliphatic heterocycles. The van der Waals surface area contributed by atoms with Gasteiger partial charge in [-0.15, -0.1) is 11.3 Å². The molecular formula is C11H19N3OS. The topological polar surface area (TPSA) is 37.4 Å². The summed E-state index contributed by atoms with van der Waals surface area (Å²) in [4.78, 5) is 8.18. The minimum absolute atomic E-state index is 0.488. The van der Waals surface area contributed by atoms with Crippen molar-refractivity contribution in [1.82, 2.24) is 10.3 Å². The quantitative estimate of drug-likeness (QED) is 0.866. The molecule has 1 N–H and O–H groups in total. The predicted molar refractivity (Wildman–Crippen MR) is 67.1 cm³/mol. The van der Waals surface area contributed by atoms with Gasteiger partial charge in [-0.1, -0.05) is 6.92 Å². The summed E-state index contributed by atoms with van der Waals surface area (Å²) in [5.74, 6) is 0. The van der Waals surface area contributed by atoms with Crippen LogP contribution in [0.3, 0.4) is 0 Å². The Morgan fingerprint density at radius 1 is 1.69 bits per heavy atom. The average Bonchev–Trinajstić information content (AvgIpc) is 2.78. The number of ether oxygens (including phenoxy) is 1. The largest absolute Gasteiger partial charge is 0.377 e. The second-order valence-electron chi connectivity index (χ2n) is 3.97. The van der Waals surface area contributed by atoms with Crippen LogP contribution in [0.25, 0.3) is 0 Å². The maximum Gasteiger partial charge on any atom is 0.185 e. The molecule has 4 nitrogen and oxygen atoms in total. The highest BCUT2D eigenvalue weighted by Crippen LogP contribution is 2.26. The zero-order valence-electron chi connectivity index (χ0n) is 9.90. The number of anilines is 1. The van der Waals surface area contributed by atoms with Crippen LogP contribution in [0.2, 0.25) is 0 Å². The fourth-order valence-electron chi connectivity index (χ4n) is 1.93. The lowest BCUT2D eigenvalue weighted by Gasteiger charge is -2.34. The number of nitrogens with one attached hydrogen (secondary N) is 1. The van der Waals surface area contributed by atoms with E-state index in [1.54, 1.807) is 11.3 Å². The second kappa shape index (κ2) is 5.61. The minimum Gasteiger partial charge on any atom is -0.377 e. The van der Waals surface area contributed by atoms with Gasteiger partial charge in [-0.25, -0.2) is 4.98 Å². The highest BCUT2D eigenvalue weighted by molar-refractivity contribution is 7.15. The van der Waals surface area contributed by atoms with E-state index in [1.165, 1.54) is 4.88 Å². The third-order valence-electron chi connectivity index (χ3n) is 2.84. The Bertz CT molecular complexity index is 329. The van der Waals surface area contributed by atoms with Gasteiger partial charge < -0.3 is 15.0 Å². The fourth-order valence-corrected chi connectivity index (χ4v) is 2.95. The summed E-state index contributed by atoms with van der Waals surface area (Å²) in [5.41, 5.74) is 0. The third-order valence-corrected chi connectivity index (χ3v) is 3.87. The van der Waals surface area contributed by atoms with E-state index in [9.17, 15) is 0 Å². The molecule has 0 aliphatic carbocycles. The number of nitrogens with zero attached hydrogens (tertiary/aromatic N) is 2. The molecule has 1 atom stereocenters. The molecule has 1 fully saturated rings. The molecular weight excluding hydrogens is 222 g/mol. The Labute approximate surface area is 101 Å². The zero-order chi connectivity index (χ0) is 11.4. The second-order valence-corrected chi connectivity index (χ2v) is 5.06. The molecule has 1 aromatic rings. The van der Waals surface area contributed by atoms with E-state index in [0.717, 1.165) is 37.9 Å². The number of rotatable bonds is 4. The first-order chi connectivity index (χ1) is 7.85. The van der Waals surface area contributed by atoms with E-state index < -0.39 is 0 Å². The molecule has 2 heterocycles. The monoisotopic (exact) mass is 241 g/mol. The molecule has 90 valence electrons. The van der Waals surface area contributed by atoms with Gasteiger partial charge in [0.2, 0.25) is 0 Å². The molecule has 16 heavy (non-hydrogen) atoms. The van der Waals surface area contributed by atoms with Crippen molar-refractivity contribution in [1.29, 1.82) is 0 Å². The van der Waals surface area contributed by atoms with Crippen molar-refractivity contribution >= 4 is 16.5 Å². The lowest BCUT2D eigenvalue weighted by molar-refractivity contribution is 0.0930. The molecule has 0 radical (unpaired) electrons. The van der Waals surface area contributed by atoms with E-state index in [4.69, 9.17) is 4.74 Å². The van der Waals surface area contributed by atoms with E-state index in [0.29, 0.717) is 6.04 Å². The molecule has 0 saturated carbocycles. The predicted octanol–water partition coefficient (Wildman–Crippen LogP) is 1.48. The van der Waals surface area contributed by atoms with Gasteiger partial charge in [0, 0.05) is 24.2 Å². The Kier molecular flexibility index (Phi) is 4.15. The summed E-state index contributed by atoms with van der Waals surface area (Å²) in [5, 5.41) is 4.29. The minimum atomic E-state index is 0.488. The molecule has 1 aliphatic rings. The lowest BCUT2D eigenvalue weighted by atomic mass is 10.2. The molecule has 1 unspecified atom stereocenters. The maximum atomic E-state index is 5.50. The normalized spacial score (nSPS) is 21.4. The van der Waals surface area contributed by atoms with E-state index >= 15 is 0 Å². The van der Waals surface area contributed by atoms with Crippen LogP contribution in [-0.4, -0.2) is 37.8 Å². The van der Waals surface area contributed by atoms with Crippen molar-refractivity contribution in [2.24, 2.45) is 0 Å². The number of thiazole rings is 1. The highest BCUT2D eigenvalue weighted by Gasteiger charge is 2.23. The van der Waals surface area contributed by atoms with Crippen LogP contribution < -0.4 is 10.2 Å². The Morgan fingerprint density at radius 3 is 3.31 bits per heavy atom. The third kappa shape index (κ3) is 2.53. The summed E-state index contributed by atoms with van der Waals surface area (Å²) in [7, 11) is 1.96. The van der Waals surface area contributed by atoms with Gasteiger partial charge in [-0.2, -0.15) is 0 Å². The molecule has 0 amide bonds. The van der Waals surface area contributed by atoms with Crippen molar-refractivity contribution in [3.05, 3.63) is 11.1 Å². The molecule has 5 heteroatoms. The first-order valence-electron chi connectivity index (χ1n) is 5.78. The average molecular weight is 241 g/mol. The van der Waals surface area contributed by atoms with Crippen molar-refractivity contribution in [3.63, 3.8) is 0 Å². The standard InChI is InChI=1S/C11H19N3OS/c1-3-9-8-15-5-4-14(9)11-13-7-10(16-11)6-12-2/h7,9,12H,3-6,8H2,1-2H3. The zero-order valence-corrected chi connectivity index (χ0v) is 10.7. The van der Waals surface area contributed by atoms with Gasteiger partial charge in [-0.05, 0) is 13.5 Å². The Morgan fingerprint density at radius 2 is 2.56 bits per heavy atom. The number of hydrogen-bond acceptors (Lipinski definition) is 5. The van der Waals surface area contributed by atoms with E-state index in [1.807, 2.05) is 13.2 Å². The Hall–Kier alpha value is -0.650. The highest BCUT2D eigenvalue weighted by atomic mass is 32.1. The molecule has 1 aromatic heterocycles. The van der Waals surface area contributed by atoms with Crippen LogP contribution in [0.5, 0.6) is 0 Å². The molecule has 0 aromatic carbocycles. The number of hydrogen-bond donors (Lipinski definition) is 1. The van der Waals surface area contributed by atoms with Crippen LogP contribution in [0, 0.1) is 0 Å². The summed E-state index contributed by atoms with van der Waals surface area (Å²) < 4.78 is 5.50. The first-order valence-corrected chi connectivity index (χ1v) is 6.60. The summed E-state index contributed by atoms with van der Waals surface area (Å²) in [6, 6.07) is 0.488. The summed E-state index contributed by atoms with van der Waals surface area (Å²) in [6.07, 6.45) is 3.08. The van der Waals surface area contributed by atoms with E-state index in [-0.39, 0.29) is 0 Å². The van der Waals surface area contributed by atoms with Gasteiger partial charge >= 0.3 is 0 Å². The molecule has 1 saturated heterocycles. The van der Waals surface area contributed by atoms with Crippen LogP contribution in [0.15, 0.2) is 6.20 Å².